The van der Waals surface area contributed by atoms with Gasteiger partial charge in [0.05, 0.1) is 6.54 Å². The minimum atomic E-state index is -1.30. The summed E-state index contributed by atoms with van der Waals surface area (Å²) in [6, 6.07) is 4.38. The van der Waals surface area contributed by atoms with Crippen LogP contribution in [0.3, 0.4) is 0 Å². The lowest BCUT2D eigenvalue weighted by atomic mass is 10.1. The summed E-state index contributed by atoms with van der Waals surface area (Å²) in [5, 5.41) is 25.9. The van der Waals surface area contributed by atoms with E-state index in [1.807, 2.05) is 4.90 Å². The Morgan fingerprint density at radius 2 is 1.97 bits per heavy atom. The molecule has 0 spiro atoms. The minimum Gasteiger partial charge on any atom is -0.481 e. The van der Waals surface area contributed by atoms with Gasteiger partial charge in [0, 0.05) is 30.3 Å². The van der Waals surface area contributed by atoms with Crippen LogP contribution >= 0.6 is 0 Å². The molecule has 2 aliphatic heterocycles. The molecule has 7 N–H and O–H groups in total. The lowest BCUT2D eigenvalue weighted by molar-refractivity contribution is -0.140. The van der Waals surface area contributed by atoms with Crippen LogP contribution < -0.4 is 21.7 Å². The van der Waals surface area contributed by atoms with Gasteiger partial charge in [0.15, 0.2) is 11.9 Å². The number of guanidine groups is 1. The summed E-state index contributed by atoms with van der Waals surface area (Å²) in [7, 11) is 1.80. The fraction of sp³-hybridized carbons (Fsp3) is 0.400. The van der Waals surface area contributed by atoms with Crippen molar-refractivity contribution in [1.82, 2.24) is 15.5 Å². The Hall–Kier alpha value is -4.00. The molecule has 0 saturated heterocycles. The van der Waals surface area contributed by atoms with Gasteiger partial charge in [-0.25, -0.2) is 4.79 Å². The van der Waals surface area contributed by atoms with E-state index in [1.54, 1.807) is 19.2 Å². The molecule has 0 saturated carbocycles. The Kier molecular flexibility index (Phi) is 7.23. The van der Waals surface area contributed by atoms with Crippen LogP contribution in [0.15, 0.2) is 34.3 Å². The molecule has 0 bridgehead atoms. The van der Waals surface area contributed by atoms with E-state index in [4.69, 9.17) is 10.8 Å². The van der Waals surface area contributed by atoms with Crippen molar-refractivity contribution in [2.24, 2.45) is 15.7 Å². The highest BCUT2D eigenvalue weighted by atomic mass is 16.4. The number of anilines is 1. The molecule has 0 radical (unpaired) electrons. The predicted molar refractivity (Wildman–Crippen MR) is 118 cm³/mol. The number of likely N-dealkylation sites (N-methyl/N-ethyl adjacent to an activating group) is 1. The van der Waals surface area contributed by atoms with Gasteiger partial charge >= 0.3 is 11.9 Å². The number of carboxylic acids is 2. The van der Waals surface area contributed by atoms with Crippen LogP contribution in [0.5, 0.6) is 0 Å². The van der Waals surface area contributed by atoms with Crippen molar-refractivity contribution in [2.45, 2.75) is 31.0 Å². The number of hydrogen-bond donors (Lipinski definition) is 6. The van der Waals surface area contributed by atoms with Crippen molar-refractivity contribution < 1.29 is 29.4 Å². The maximum absolute atomic E-state index is 12.3. The molecule has 2 aliphatic rings. The summed E-state index contributed by atoms with van der Waals surface area (Å²) in [6.45, 7) is 0.894. The molecule has 2 amide bonds. The number of aliphatic carboxylic acids is 2. The highest BCUT2D eigenvalue weighted by Gasteiger charge is 2.38. The second-order valence-corrected chi connectivity index (χ2v) is 7.66. The highest BCUT2D eigenvalue weighted by Crippen LogP contribution is 2.17. The zero-order valence-electron chi connectivity index (χ0n) is 17.8. The summed E-state index contributed by atoms with van der Waals surface area (Å²) in [5.74, 6) is -2.93. The molecule has 2 heterocycles. The van der Waals surface area contributed by atoms with Crippen LogP contribution in [0.1, 0.15) is 23.2 Å². The average molecular weight is 459 g/mol. The van der Waals surface area contributed by atoms with Gasteiger partial charge in [0.2, 0.25) is 5.96 Å². The van der Waals surface area contributed by atoms with E-state index in [9.17, 15) is 24.3 Å². The van der Waals surface area contributed by atoms with Crippen LogP contribution in [0.4, 0.5) is 5.69 Å². The number of carbonyl (C=O) groups excluding carboxylic acids is 2. The number of benzene rings is 1. The first-order valence-electron chi connectivity index (χ1n) is 10.2. The van der Waals surface area contributed by atoms with Gasteiger partial charge in [-0.2, -0.15) is 4.99 Å². The zero-order valence-corrected chi connectivity index (χ0v) is 17.8. The molecule has 13 heteroatoms. The molecule has 3 atom stereocenters. The van der Waals surface area contributed by atoms with Gasteiger partial charge in [-0.1, -0.05) is 0 Å². The maximum Gasteiger partial charge on any atom is 0.326 e. The minimum absolute atomic E-state index is 0.0284. The predicted octanol–water partition coefficient (Wildman–Crippen LogP) is -1.33. The number of amides is 2. The number of aliphatic imine (C=N–C) groups is 2. The maximum atomic E-state index is 12.3. The normalized spacial score (nSPS) is 21.1. The third kappa shape index (κ3) is 5.83. The summed E-state index contributed by atoms with van der Waals surface area (Å²) in [6.07, 6.45) is -0.588. The van der Waals surface area contributed by atoms with E-state index in [2.05, 4.69) is 25.9 Å². The van der Waals surface area contributed by atoms with Gasteiger partial charge in [-0.3, -0.25) is 29.6 Å². The fourth-order valence-corrected chi connectivity index (χ4v) is 3.50. The van der Waals surface area contributed by atoms with Gasteiger partial charge in [-0.05, 0) is 37.7 Å². The number of hydrogen-bond acceptors (Lipinski definition) is 9. The molecule has 176 valence electrons. The number of fused-ring (bicyclic) bond motifs is 1. The molecule has 1 unspecified atom stereocenters. The number of nitrogens with zero attached hydrogens (tertiary/aromatic N) is 3. The van der Waals surface area contributed by atoms with Gasteiger partial charge < -0.3 is 26.6 Å². The SMILES string of the molecule is CN1C2C(=O)NC(N)=NC2=NC[C@@H]1CNc1ccc(C(=O)N[C@H](CCC(=O)O)C(=O)O)cc1. The molecule has 3 rings (SSSR count). The number of carbonyl (C=O) groups is 4. The number of carboxylic acid groups (broad SMARTS) is 2. The van der Waals surface area contributed by atoms with E-state index < -0.39 is 29.9 Å². The van der Waals surface area contributed by atoms with E-state index in [0.29, 0.717) is 24.6 Å². The van der Waals surface area contributed by atoms with E-state index in [0.717, 1.165) is 0 Å². The van der Waals surface area contributed by atoms with E-state index in [-0.39, 0.29) is 36.3 Å². The van der Waals surface area contributed by atoms with Gasteiger partial charge in [0.25, 0.3) is 11.8 Å². The lowest BCUT2D eigenvalue weighted by Crippen LogP contribution is -2.62. The quantitative estimate of drug-likeness (QED) is 0.259. The van der Waals surface area contributed by atoms with Crippen LogP contribution in [0, 0.1) is 0 Å². The molecule has 0 fully saturated rings. The molecule has 1 aromatic carbocycles. The first-order valence-corrected chi connectivity index (χ1v) is 10.2. The average Bonchev–Trinajstić information content (AvgIpc) is 2.75. The number of rotatable bonds is 9. The van der Waals surface area contributed by atoms with Crippen molar-refractivity contribution in [3.05, 3.63) is 29.8 Å². The van der Waals surface area contributed by atoms with Crippen molar-refractivity contribution in [1.29, 1.82) is 0 Å². The van der Waals surface area contributed by atoms with Crippen molar-refractivity contribution >= 4 is 41.2 Å². The second kappa shape index (κ2) is 10.1. The van der Waals surface area contributed by atoms with E-state index in [1.165, 1.54) is 12.1 Å². The van der Waals surface area contributed by atoms with Crippen molar-refractivity contribution in [2.75, 3.05) is 25.5 Å². The monoisotopic (exact) mass is 459 g/mol. The van der Waals surface area contributed by atoms with Crippen LogP contribution in [-0.2, 0) is 14.4 Å². The fourth-order valence-electron chi connectivity index (χ4n) is 3.50. The van der Waals surface area contributed by atoms with Crippen molar-refractivity contribution in [3.8, 4) is 0 Å². The van der Waals surface area contributed by atoms with Gasteiger partial charge in [0.1, 0.15) is 6.04 Å². The number of amidine groups is 1. The Balaban J connectivity index is 1.56. The highest BCUT2D eigenvalue weighted by molar-refractivity contribution is 6.19. The van der Waals surface area contributed by atoms with Crippen LogP contribution in [0.25, 0.3) is 0 Å². The molecule has 0 aliphatic carbocycles. The molecule has 1 aromatic rings. The molecular weight excluding hydrogens is 434 g/mol. The summed E-state index contributed by atoms with van der Waals surface area (Å²) in [5.41, 5.74) is 6.52. The standard InChI is InChI=1S/C20H25N7O6/c1-27-12(9-23-16-15(27)18(31)26-20(21)25-16)8-22-11-4-2-10(3-5-11)17(30)24-13(19(32)33)6-7-14(28)29/h2-5,12-13,15,22H,6-9H2,1H3,(H,24,30)(H,28,29)(H,32,33)(H3,21,23,25,26,31)/t12-,13+,15?/m0/s1. The van der Waals surface area contributed by atoms with Crippen LogP contribution in [-0.4, -0.2) is 88.9 Å². The summed E-state index contributed by atoms with van der Waals surface area (Å²) < 4.78 is 0. The molecule has 13 nitrogen and oxygen atoms in total. The Morgan fingerprint density at radius 3 is 2.61 bits per heavy atom. The Bertz CT molecular complexity index is 1010. The lowest BCUT2D eigenvalue weighted by Gasteiger charge is -2.38. The van der Waals surface area contributed by atoms with Gasteiger partial charge in [-0.15, -0.1) is 0 Å². The van der Waals surface area contributed by atoms with E-state index >= 15 is 0 Å². The second-order valence-electron chi connectivity index (χ2n) is 7.66. The molecule has 0 aromatic heterocycles. The van der Waals surface area contributed by atoms with Crippen molar-refractivity contribution in [3.63, 3.8) is 0 Å². The first-order chi connectivity index (χ1) is 15.7. The third-order valence-corrected chi connectivity index (χ3v) is 5.37. The zero-order chi connectivity index (χ0) is 24.1. The summed E-state index contributed by atoms with van der Waals surface area (Å²) in [4.78, 5) is 56.8. The topological polar surface area (TPSA) is 199 Å². The number of nitrogens with one attached hydrogen (secondary N) is 3. The number of nitrogens with two attached hydrogens (primary N) is 1. The Morgan fingerprint density at radius 1 is 1.27 bits per heavy atom. The first kappa shape index (κ1) is 23.7. The third-order valence-electron chi connectivity index (χ3n) is 5.37. The molecule has 33 heavy (non-hydrogen) atoms. The molecular formula is C20H25N7O6. The smallest absolute Gasteiger partial charge is 0.326 e. The summed E-state index contributed by atoms with van der Waals surface area (Å²) >= 11 is 0. The van der Waals surface area contributed by atoms with Crippen LogP contribution in [0.2, 0.25) is 0 Å². The Labute approximate surface area is 188 Å². The largest absolute Gasteiger partial charge is 0.481 e.